The lowest BCUT2D eigenvalue weighted by Gasteiger charge is -2.18. The SMILES string of the molecule is CCCCCCCCCC(=O)OC[C@@H](CCOC(=O)[C@@H](N)C(C)C)Cc1nc2nc(N)[nH]c(=O)c2[nH]1. The molecule has 0 aliphatic carbocycles. The third-order valence-electron chi connectivity index (χ3n) is 6.14. The number of carbonyl (C=O) groups excluding carboxylic acids is 2. The number of hydrogen-bond donors (Lipinski definition) is 4. The Morgan fingerprint density at radius 1 is 1.00 bits per heavy atom. The quantitative estimate of drug-likeness (QED) is 0.185. The van der Waals surface area contributed by atoms with Crippen LogP contribution < -0.4 is 17.0 Å². The topological polar surface area (TPSA) is 179 Å². The second-order valence-electron chi connectivity index (χ2n) is 9.68. The molecule has 2 heterocycles. The summed E-state index contributed by atoms with van der Waals surface area (Å²) in [5.74, 6) is -0.447. The Bertz CT molecular complexity index is 1020. The number of aromatic amines is 2. The second-order valence-corrected chi connectivity index (χ2v) is 9.68. The molecule has 0 aliphatic heterocycles. The number of nitrogen functional groups attached to an aromatic ring is 1. The van der Waals surface area contributed by atoms with E-state index in [9.17, 15) is 14.4 Å². The zero-order valence-electron chi connectivity index (χ0n) is 21.8. The minimum Gasteiger partial charge on any atom is -0.465 e. The maximum atomic E-state index is 12.3. The van der Waals surface area contributed by atoms with Gasteiger partial charge in [-0.25, -0.2) is 4.98 Å². The van der Waals surface area contributed by atoms with Gasteiger partial charge in [0.05, 0.1) is 13.2 Å². The van der Waals surface area contributed by atoms with Crippen molar-refractivity contribution in [2.45, 2.75) is 91.0 Å². The number of H-pyrrole nitrogens is 2. The van der Waals surface area contributed by atoms with Crippen LogP contribution in [0.2, 0.25) is 0 Å². The lowest BCUT2D eigenvalue weighted by Crippen LogP contribution is -2.37. The molecule has 0 fully saturated rings. The van der Waals surface area contributed by atoms with Crippen molar-refractivity contribution in [3.05, 3.63) is 16.2 Å². The molecule has 0 bridgehead atoms. The van der Waals surface area contributed by atoms with Crippen LogP contribution in [0.1, 0.15) is 84.4 Å². The molecular weight excluding hydrogens is 464 g/mol. The minimum absolute atomic E-state index is 0.0187. The van der Waals surface area contributed by atoms with Crippen molar-refractivity contribution in [1.82, 2.24) is 19.9 Å². The van der Waals surface area contributed by atoms with Gasteiger partial charge in [0.25, 0.3) is 5.56 Å². The first-order valence-corrected chi connectivity index (χ1v) is 13.0. The molecule has 0 radical (unpaired) electrons. The maximum Gasteiger partial charge on any atom is 0.323 e. The summed E-state index contributed by atoms with van der Waals surface area (Å²) in [5, 5.41) is 0. The van der Waals surface area contributed by atoms with Crippen LogP contribution in [0, 0.1) is 11.8 Å². The first kappa shape index (κ1) is 29.3. The molecule has 0 aromatic carbocycles. The Kier molecular flexibility index (Phi) is 12.4. The average molecular weight is 507 g/mol. The first-order chi connectivity index (χ1) is 17.2. The van der Waals surface area contributed by atoms with Crippen molar-refractivity contribution < 1.29 is 19.1 Å². The lowest BCUT2D eigenvalue weighted by atomic mass is 10.0. The monoisotopic (exact) mass is 506 g/mol. The molecule has 0 aliphatic rings. The second kappa shape index (κ2) is 15.2. The fourth-order valence-corrected chi connectivity index (χ4v) is 3.79. The minimum atomic E-state index is -0.693. The van der Waals surface area contributed by atoms with Gasteiger partial charge in [0, 0.05) is 18.8 Å². The van der Waals surface area contributed by atoms with Crippen LogP contribution in [0.5, 0.6) is 0 Å². The normalized spacial score (nSPS) is 13.1. The molecule has 2 rings (SSSR count). The molecule has 2 atom stereocenters. The highest BCUT2D eigenvalue weighted by molar-refractivity contribution is 5.75. The van der Waals surface area contributed by atoms with E-state index in [0.29, 0.717) is 25.1 Å². The Morgan fingerprint density at radius 2 is 1.69 bits per heavy atom. The van der Waals surface area contributed by atoms with Crippen molar-refractivity contribution >= 4 is 29.1 Å². The summed E-state index contributed by atoms with van der Waals surface area (Å²) in [4.78, 5) is 50.3. The molecular formula is C25H42N6O5. The van der Waals surface area contributed by atoms with Crippen molar-refractivity contribution in [3.8, 4) is 0 Å². The Balaban J connectivity index is 1.91. The molecule has 0 amide bonds. The van der Waals surface area contributed by atoms with Crippen LogP contribution in [0.25, 0.3) is 11.2 Å². The van der Waals surface area contributed by atoms with Crippen molar-refractivity contribution in [2.75, 3.05) is 18.9 Å². The molecule has 36 heavy (non-hydrogen) atoms. The molecule has 0 unspecified atom stereocenters. The molecule has 11 nitrogen and oxygen atoms in total. The number of ether oxygens (including phenoxy) is 2. The highest BCUT2D eigenvalue weighted by atomic mass is 16.5. The highest BCUT2D eigenvalue weighted by Crippen LogP contribution is 2.15. The summed E-state index contributed by atoms with van der Waals surface area (Å²) in [7, 11) is 0. The van der Waals surface area contributed by atoms with Gasteiger partial charge in [0.15, 0.2) is 11.2 Å². The number of imidazole rings is 1. The number of nitrogens with zero attached hydrogens (tertiary/aromatic N) is 2. The smallest absolute Gasteiger partial charge is 0.323 e. The molecule has 0 saturated heterocycles. The largest absolute Gasteiger partial charge is 0.465 e. The van der Waals surface area contributed by atoms with Crippen LogP contribution in [0.4, 0.5) is 5.95 Å². The summed E-state index contributed by atoms with van der Waals surface area (Å²) >= 11 is 0. The van der Waals surface area contributed by atoms with Crippen molar-refractivity contribution in [3.63, 3.8) is 0 Å². The van der Waals surface area contributed by atoms with Gasteiger partial charge in [-0.2, -0.15) is 4.98 Å². The van der Waals surface area contributed by atoms with Crippen LogP contribution in [0.3, 0.4) is 0 Å². The third-order valence-corrected chi connectivity index (χ3v) is 6.14. The van der Waals surface area contributed by atoms with E-state index < -0.39 is 17.6 Å². The standard InChI is InChI=1S/C25H42N6O5/c1-4-5-6-7-8-9-10-11-19(32)36-15-17(12-13-35-24(34)20(26)16(2)3)14-18-28-21-22(29-18)30-25(27)31-23(21)33/h16-17,20H,4-15,26H2,1-3H3,(H4,27,28,29,30,31,33)/t17-,20-/m0/s1. The maximum absolute atomic E-state index is 12.3. The van der Waals surface area contributed by atoms with Gasteiger partial charge in [-0.05, 0) is 18.8 Å². The number of anilines is 1. The molecule has 11 heteroatoms. The van der Waals surface area contributed by atoms with Crippen LogP contribution in [-0.2, 0) is 25.5 Å². The van der Waals surface area contributed by atoms with Gasteiger partial charge < -0.3 is 25.9 Å². The van der Waals surface area contributed by atoms with Crippen LogP contribution >= 0.6 is 0 Å². The number of hydrogen-bond acceptors (Lipinski definition) is 9. The molecule has 202 valence electrons. The summed E-state index contributed by atoms with van der Waals surface area (Å²) in [6, 6.07) is -0.693. The van der Waals surface area contributed by atoms with E-state index in [0.717, 1.165) is 19.3 Å². The molecule has 2 aromatic rings. The number of nitrogens with one attached hydrogen (secondary N) is 2. The van der Waals surface area contributed by atoms with Gasteiger partial charge in [-0.3, -0.25) is 19.4 Å². The average Bonchev–Trinajstić information content (AvgIpc) is 3.23. The summed E-state index contributed by atoms with van der Waals surface area (Å²) < 4.78 is 10.9. The van der Waals surface area contributed by atoms with E-state index in [1.54, 1.807) is 0 Å². The zero-order valence-corrected chi connectivity index (χ0v) is 21.8. The fourth-order valence-electron chi connectivity index (χ4n) is 3.79. The van der Waals surface area contributed by atoms with Gasteiger partial charge in [0.2, 0.25) is 5.95 Å². The number of unbranched alkanes of at least 4 members (excludes halogenated alkanes) is 6. The molecule has 0 spiro atoms. The van der Waals surface area contributed by atoms with E-state index in [1.165, 1.54) is 25.7 Å². The van der Waals surface area contributed by atoms with Gasteiger partial charge in [0.1, 0.15) is 11.9 Å². The van der Waals surface area contributed by atoms with E-state index >= 15 is 0 Å². The Hall–Kier alpha value is -2.95. The summed E-state index contributed by atoms with van der Waals surface area (Å²) in [5.41, 5.74) is 11.5. The van der Waals surface area contributed by atoms with Gasteiger partial charge in [-0.1, -0.05) is 59.3 Å². The van der Waals surface area contributed by atoms with Gasteiger partial charge >= 0.3 is 11.9 Å². The number of rotatable bonds is 17. The number of aromatic nitrogens is 4. The highest BCUT2D eigenvalue weighted by Gasteiger charge is 2.21. The van der Waals surface area contributed by atoms with Crippen molar-refractivity contribution in [2.24, 2.45) is 17.6 Å². The van der Waals surface area contributed by atoms with Crippen LogP contribution in [0.15, 0.2) is 4.79 Å². The Morgan fingerprint density at radius 3 is 2.39 bits per heavy atom. The zero-order chi connectivity index (χ0) is 26.5. The van der Waals surface area contributed by atoms with E-state index in [4.69, 9.17) is 20.9 Å². The van der Waals surface area contributed by atoms with E-state index in [1.807, 2.05) is 13.8 Å². The Labute approximate surface area is 212 Å². The number of fused-ring (bicyclic) bond motifs is 1. The van der Waals surface area contributed by atoms with Crippen LogP contribution in [-0.4, -0.2) is 51.1 Å². The number of esters is 2. The predicted molar refractivity (Wildman–Crippen MR) is 138 cm³/mol. The predicted octanol–water partition coefficient (Wildman–Crippen LogP) is 2.99. The number of nitrogens with two attached hydrogens (primary N) is 2. The summed E-state index contributed by atoms with van der Waals surface area (Å²) in [6.07, 6.45) is 9.04. The molecule has 6 N–H and O–H groups in total. The first-order valence-electron chi connectivity index (χ1n) is 13.0. The lowest BCUT2D eigenvalue weighted by molar-refractivity contribution is -0.149. The summed E-state index contributed by atoms with van der Waals surface area (Å²) in [6.45, 7) is 6.17. The van der Waals surface area contributed by atoms with E-state index in [2.05, 4.69) is 26.9 Å². The fraction of sp³-hybridized carbons (Fsp3) is 0.720. The molecule has 2 aromatic heterocycles. The van der Waals surface area contributed by atoms with Crippen molar-refractivity contribution in [1.29, 1.82) is 0 Å². The molecule has 0 saturated carbocycles. The third kappa shape index (κ3) is 9.96. The van der Waals surface area contributed by atoms with Gasteiger partial charge in [-0.15, -0.1) is 0 Å². The number of carbonyl (C=O) groups is 2. The van der Waals surface area contributed by atoms with E-state index in [-0.39, 0.29) is 48.1 Å².